The molecule has 0 aliphatic heterocycles. The van der Waals surface area contributed by atoms with Crippen LogP contribution in [0.5, 0.6) is 0 Å². The molecular weight excluding hydrogens is 483 g/mol. The van der Waals surface area contributed by atoms with Gasteiger partial charge in [-0.05, 0) is 5.56 Å². The quantitative estimate of drug-likeness (QED) is 0.227. The number of carbonyl (C=O) groups excluding carboxylic acids is 1. The molecule has 0 fully saturated rings. The van der Waals surface area contributed by atoms with Gasteiger partial charge in [0.25, 0.3) is 0 Å². The number of esters is 1. The van der Waals surface area contributed by atoms with Crippen LogP contribution in [0.4, 0.5) is 57.1 Å². The van der Waals surface area contributed by atoms with Crippen LogP contribution in [0.25, 0.3) is 5.57 Å². The third-order valence-electron chi connectivity index (χ3n) is 4.02. The van der Waals surface area contributed by atoms with Crippen LogP contribution in [0.15, 0.2) is 36.9 Å². The van der Waals surface area contributed by atoms with Crippen molar-refractivity contribution in [2.24, 2.45) is 0 Å². The molecule has 0 saturated heterocycles. The normalized spacial score (nSPS) is 14.3. The van der Waals surface area contributed by atoms with Crippen LogP contribution in [0.1, 0.15) is 12.0 Å². The van der Waals surface area contributed by atoms with Crippen molar-refractivity contribution in [2.75, 3.05) is 6.61 Å². The van der Waals surface area contributed by atoms with Crippen LogP contribution in [-0.4, -0.2) is 48.4 Å². The summed E-state index contributed by atoms with van der Waals surface area (Å²) in [6.45, 7) is 1.36. The Kier molecular flexibility index (Phi) is 7.29. The zero-order chi connectivity index (χ0) is 25.4. The minimum absolute atomic E-state index is 0.0650. The Balaban J connectivity index is 3.03. The van der Waals surface area contributed by atoms with Gasteiger partial charge in [-0.15, -0.1) is 0 Å². The molecule has 0 unspecified atom stereocenters. The van der Waals surface area contributed by atoms with E-state index in [9.17, 15) is 61.9 Å². The molecule has 1 aromatic rings. The van der Waals surface area contributed by atoms with E-state index in [0.29, 0.717) is 0 Å². The number of carbonyl (C=O) groups is 1. The van der Waals surface area contributed by atoms with Gasteiger partial charge in [-0.1, -0.05) is 36.9 Å². The Bertz CT molecular complexity index is 829. The van der Waals surface area contributed by atoms with Crippen molar-refractivity contribution in [3.63, 3.8) is 0 Å². The van der Waals surface area contributed by atoms with Crippen molar-refractivity contribution < 1.29 is 66.6 Å². The Morgan fingerprint density at radius 3 is 1.59 bits per heavy atom. The number of ether oxygens (including phenoxy) is 1. The topological polar surface area (TPSA) is 26.3 Å². The van der Waals surface area contributed by atoms with E-state index in [1.165, 1.54) is 30.3 Å². The van der Waals surface area contributed by atoms with E-state index in [1.807, 2.05) is 0 Å². The highest BCUT2D eigenvalue weighted by atomic mass is 19.4. The molecule has 0 aliphatic rings. The van der Waals surface area contributed by atoms with Crippen LogP contribution in [0, 0.1) is 0 Å². The van der Waals surface area contributed by atoms with Gasteiger partial charge >= 0.3 is 41.8 Å². The van der Waals surface area contributed by atoms with Crippen molar-refractivity contribution in [3.8, 4) is 0 Å². The molecule has 0 spiro atoms. The molecule has 1 aromatic carbocycles. The highest BCUT2D eigenvalue weighted by Gasteiger charge is 2.90. The first-order chi connectivity index (χ1) is 14.1. The fourth-order valence-corrected chi connectivity index (χ4v) is 2.08. The second-order valence-corrected chi connectivity index (χ2v) is 6.23. The summed E-state index contributed by atoms with van der Waals surface area (Å²) in [5.41, 5.74) is -0.447. The van der Waals surface area contributed by atoms with Crippen molar-refractivity contribution in [1.82, 2.24) is 0 Å². The molecule has 182 valence electrons. The van der Waals surface area contributed by atoms with Crippen LogP contribution in [0.2, 0.25) is 0 Å². The van der Waals surface area contributed by atoms with E-state index < -0.39 is 60.4 Å². The molecule has 0 radical (unpaired) electrons. The Labute approximate surface area is 170 Å². The summed E-state index contributed by atoms with van der Waals surface area (Å²) in [5.74, 6) is -38.9. The molecule has 1 rings (SSSR count). The first-order valence-electron chi connectivity index (χ1n) is 8.02. The molecule has 0 bridgehead atoms. The minimum Gasteiger partial charge on any atom is -0.462 e. The number of hydrogen-bond acceptors (Lipinski definition) is 2. The molecule has 0 aromatic heterocycles. The van der Waals surface area contributed by atoms with Crippen LogP contribution in [0.3, 0.4) is 0 Å². The summed E-state index contributed by atoms with van der Waals surface area (Å²) in [6, 6.07) is 6.82. The Morgan fingerprint density at radius 1 is 0.719 bits per heavy atom. The van der Waals surface area contributed by atoms with Crippen molar-refractivity contribution >= 4 is 11.5 Å². The maximum atomic E-state index is 13.6. The zero-order valence-corrected chi connectivity index (χ0v) is 15.2. The van der Waals surface area contributed by atoms with Gasteiger partial charge in [0, 0.05) is 0 Å². The average molecular weight is 494 g/mol. The standard InChI is InChI=1S/C17H11F13O2/c1-9(10-5-3-2-4-6-10)11(31)32-8-7-12(18,19)13(20,21)14(22,23)15(24,25)16(26,27)17(28,29)30/h2-6H,1,7-8H2. The van der Waals surface area contributed by atoms with E-state index >= 15 is 0 Å². The largest absolute Gasteiger partial charge is 0.462 e. The maximum Gasteiger partial charge on any atom is 0.460 e. The fraction of sp³-hybridized carbons (Fsp3) is 0.471. The van der Waals surface area contributed by atoms with Crippen LogP contribution < -0.4 is 0 Å². The Hall–Kier alpha value is -2.48. The highest BCUT2D eigenvalue weighted by Crippen LogP contribution is 2.60. The lowest BCUT2D eigenvalue weighted by Crippen LogP contribution is -2.70. The smallest absolute Gasteiger partial charge is 0.460 e. The molecule has 0 atom stereocenters. The van der Waals surface area contributed by atoms with Crippen molar-refractivity contribution in [2.45, 2.75) is 42.2 Å². The monoisotopic (exact) mass is 494 g/mol. The average Bonchev–Trinajstić information content (AvgIpc) is 2.66. The summed E-state index contributed by atoms with van der Waals surface area (Å²) in [7, 11) is 0. The van der Waals surface area contributed by atoms with Gasteiger partial charge in [0.05, 0.1) is 18.6 Å². The zero-order valence-electron chi connectivity index (χ0n) is 15.2. The minimum atomic E-state index is -7.97. The van der Waals surface area contributed by atoms with Gasteiger partial charge in [0.1, 0.15) is 0 Å². The summed E-state index contributed by atoms with van der Waals surface area (Å²) in [4.78, 5) is 11.6. The molecule has 32 heavy (non-hydrogen) atoms. The third-order valence-corrected chi connectivity index (χ3v) is 4.02. The first kappa shape index (κ1) is 27.6. The van der Waals surface area contributed by atoms with Crippen LogP contribution in [-0.2, 0) is 9.53 Å². The molecule has 0 N–H and O–H groups in total. The van der Waals surface area contributed by atoms with Crippen LogP contribution >= 0.6 is 0 Å². The van der Waals surface area contributed by atoms with Gasteiger partial charge in [-0.25, -0.2) is 4.79 Å². The molecule has 0 heterocycles. The second kappa shape index (κ2) is 8.46. The summed E-state index contributed by atoms with van der Waals surface area (Å²) >= 11 is 0. The lowest BCUT2D eigenvalue weighted by Gasteiger charge is -2.39. The predicted octanol–water partition coefficient (Wildman–Crippen LogP) is 6.37. The van der Waals surface area contributed by atoms with E-state index in [1.54, 1.807) is 0 Å². The van der Waals surface area contributed by atoms with Crippen molar-refractivity contribution in [3.05, 3.63) is 42.5 Å². The SMILES string of the molecule is C=C(C(=O)OCCC(F)(F)C(F)(F)C(F)(F)C(F)(F)C(F)(F)C(F)(F)F)c1ccccc1. The molecule has 15 heteroatoms. The number of rotatable bonds is 9. The summed E-state index contributed by atoms with van der Waals surface area (Å²) in [6.07, 6.45) is -10.1. The van der Waals surface area contributed by atoms with E-state index in [4.69, 9.17) is 0 Å². The third kappa shape index (κ3) is 4.51. The summed E-state index contributed by atoms with van der Waals surface area (Å²) in [5, 5.41) is 0. The number of hydrogen-bond donors (Lipinski definition) is 0. The van der Waals surface area contributed by atoms with Gasteiger partial charge in [0.15, 0.2) is 0 Å². The lowest BCUT2D eigenvalue weighted by molar-refractivity contribution is -0.440. The highest BCUT2D eigenvalue weighted by molar-refractivity contribution is 6.15. The second-order valence-electron chi connectivity index (χ2n) is 6.23. The maximum absolute atomic E-state index is 13.6. The van der Waals surface area contributed by atoms with Gasteiger partial charge in [0.2, 0.25) is 0 Å². The molecule has 2 nitrogen and oxygen atoms in total. The number of halogens is 13. The van der Waals surface area contributed by atoms with Gasteiger partial charge in [-0.2, -0.15) is 57.1 Å². The predicted molar refractivity (Wildman–Crippen MR) is 81.8 cm³/mol. The number of benzene rings is 1. The fourth-order valence-electron chi connectivity index (χ4n) is 2.08. The van der Waals surface area contributed by atoms with E-state index in [-0.39, 0.29) is 5.56 Å². The molecule has 0 amide bonds. The molecule has 0 saturated carbocycles. The Morgan fingerprint density at radius 2 is 1.16 bits per heavy atom. The molecular formula is C17H11F13O2. The van der Waals surface area contributed by atoms with E-state index in [0.717, 1.165) is 0 Å². The molecule has 0 aliphatic carbocycles. The lowest BCUT2D eigenvalue weighted by atomic mass is 9.93. The van der Waals surface area contributed by atoms with Gasteiger partial charge < -0.3 is 4.74 Å². The van der Waals surface area contributed by atoms with Gasteiger partial charge in [-0.3, -0.25) is 0 Å². The summed E-state index contributed by atoms with van der Waals surface area (Å²) < 4.78 is 173. The van der Waals surface area contributed by atoms with Crippen molar-refractivity contribution in [1.29, 1.82) is 0 Å². The first-order valence-corrected chi connectivity index (χ1v) is 8.02. The van der Waals surface area contributed by atoms with E-state index in [2.05, 4.69) is 11.3 Å². The number of alkyl halides is 13.